The summed E-state index contributed by atoms with van der Waals surface area (Å²) >= 11 is 11.1. The van der Waals surface area contributed by atoms with Crippen molar-refractivity contribution < 1.29 is 23.1 Å². The van der Waals surface area contributed by atoms with Crippen LogP contribution in [0.2, 0.25) is 5.02 Å². The Balaban J connectivity index is 1.70. The average Bonchev–Trinajstić information content (AvgIpc) is 2.76. The van der Waals surface area contributed by atoms with Gasteiger partial charge in [0.25, 0.3) is 11.8 Å². The molecule has 0 radical (unpaired) electrons. The number of benzene rings is 3. The first-order valence-electron chi connectivity index (χ1n) is 9.22. The number of ether oxygens (including phenoxy) is 1. The Labute approximate surface area is 191 Å². The minimum absolute atomic E-state index is 0.0538. The zero-order chi connectivity index (χ0) is 22.8. The number of hydrogen-bond donors (Lipinski definition) is 1. The highest BCUT2D eigenvalue weighted by Crippen LogP contribution is 2.30. The maximum absolute atomic E-state index is 13.5. The maximum Gasteiger partial charge on any atom is 0.270 e. The molecule has 1 heterocycles. The molecule has 32 heavy (non-hydrogen) atoms. The summed E-state index contributed by atoms with van der Waals surface area (Å²) in [5, 5.41) is 2.91. The van der Waals surface area contributed by atoms with E-state index in [1.807, 2.05) is 0 Å². The summed E-state index contributed by atoms with van der Waals surface area (Å²) in [5.41, 5.74) is 0.621. The standard InChI is InChI=1S/C23H13ClF2N2O3S/c24-14-5-7-15(8-6-14)28-22(30)17(21(29)27-23(28)32)11-13-3-1-2-4-20(13)31-16-9-10-18(25)19(26)12-16/h1-12H,(H,27,29,32). The van der Waals surface area contributed by atoms with Gasteiger partial charge in [-0.3, -0.25) is 19.8 Å². The van der Waals surface area contributed by atoms with Crippen LogP contribution in [0.4, 0.5) is 14.5 Å². The molecule has 3 aromatic carbocycles. The Hall–Kier alpha value is -3.62. The third-order valence-corrected chi connectivity index (χ3v) is 5.06. The fraction of sp³-hybridized carbons (Fsp3) is 0. The van der Waals surface area contributed by atoms with Crippen molar-refractivity contribution in [2.75, 3.05) is 4.90 Å². The van der Waals surface area contributed by atoms with Crippen molar-refractivity contribution in [3.05, 3.63) is 94.5 Å². The molecule has 9 heteroatoms. The lowest BCUT2D eigenvalue weighted by Gasteiger charge is -2.29. The molecule has 0 unspecified atom stereocenters. The molecule has 1 fully saturated rings. The number of para-hydroxylation sites is 1. The summed E-state index contributed by atoms with van der Waals surface area (Å²) in [7, 11) is 0. The van der Waals surface area contributed by atoms with Crippen LogP contribution in [0.25, 0.3) is 6.08 Å². The zero-order valence-electron chi connectivity index (χ0n) is 16.1. The van der Waals surface area contributed by atoms with E-state index in [2.05, 4.69) is 5.32 Å². The van der Waals surface area contributed by atoms with E-state index in [0.29, 0.717) is 16.3 Å². The topological polar surface area (TPSA) is 58.6 Å². The molecular weight excluding hydrogens is 458 g/mol. The van der Waals surface area contributed by atoms with Gasteiger partial charge in [-0.25, -0.2) is 8.78 Å². The molecule has 4 rings (SSSR count). The largest absolute Gasteiger partial charge is 0.457 e. The monoisotopic (exact) mass is 470 g/mol. The SMILES string of the molecule is O=C1NC(=S)N(c2ccc(Cl)cc2)C(=O)C1=Cc1ccccc1Oc1ccc(F)c(F)c1. The first kappa shape index (κ1) is 21.6. The van der Waals surface area contributed by atoms with Gasteiger partial charge in [0.05, 0.1) is 5.69 Å². The lowest BCUT2D eigenvalue weighted by Crippen LogP contribution is -2.54. The van der Waals surface area contributed by atoms with Crippen LogP contribution in [0.5, 0.6) is 11.5 Å². The van der Waals surface area contributed by atoms with Gasteiger partial charge in [0.15, 0.2) is 16.7 Å². The van der Waals surface area contributed by atoms with E-state index >= 15 is 0 Å². The van der Waals surface area contributed by atoms with E-state index in [1.165, 1.54) is 17.0 Å². The fourth-order valence-corrected chi connectivity index (χ4v) is 3.40. The van der Waals surface area contributed by atoms with Gasteiger partial charge in [-0.15, -0.1) is 0 Å². The first-order chi connectivity index (χ1) is 15.3. The summed E-state index contributed by atoms with van der Waals surface area (Å²) < 4.78 is 32.4. The smallest absolute Gasteiger partial charge is 0.270 e. The number of carbonyl (C=O) groups is 2. The van der Waals surface area contributed by atoms with Crippen molar-refractivity contribution in [2.45, 2.75) is 0 Å². The van der Waals surface area contributed by atoms with Gasteiger partial charge >= 0.3 is 0 Å². The molecule has 1 aliphatic heterocycles. The first-order valence-corrected chi connectivity index (χ1v) is 10.0. The van der Waals surface area contributed by atoms with Crippen LogP contribution in [0.1, 0.15) is 5.56 Å². The van der Waals surface area contributed by atoms with Crippen LogP contribution in [0.3, 0.4) is 0 Å². The summed E-state index contributed by atoms with van der Waals surface area (Å²) in [6.07, 6.45) is 1.34. The van der Waals surface area contributed by atoms with E-state index < -0.39 is 23.4 Å². The molecule has 3 aromatic rings. The van der Waals surface area contributed by atoms with Crippen molar-refractivity contribution in [3.63, 3.8) is 0 Å². The number of halogens is 3. The third-order valence-electron chi connectivity index (χ3n) is 4.52. The minimum Gasteiger partial charge on any atom is -0.457 e. The number of nitrogens with one attached hydrogen (secondary N) is 1. The Morgan fingerprint density at radius 2 is 1.69 bits per heavy atom. The van der Waals surface area contributed by atoms with E-state index in [1.54, 1.807) is 48.5 Å². The molecule has 0 bridgehead atoms. The van der Waals surface area contributed by atoms with Gasteiger partial charge in [-0.05, 0) is 60.8 Å². The Bertz CT molecular complexity index is 1280. The lowest BCUT2D eigenvalue weighted by molar-refractivity contribution is -0.122. The number of hydrogen-bond acceptors (Lipinski definition) is 4. The molecule has 0 atom stereocenters. The van der Waals surface area contributed by atoms with E-state index in [4.69, 9.17) is 28.6 Å². The molecule has 2 amide bonds. The van der Waals surface area contributed by atoms with Crippen LogP contribution >= 0.6 is 23.8 Å². The van der Waals surface area contributed by atoms with Crippen LogP contribution in [0.15, 0.2) is 72.3 Å². The van der Waals surface area contributed by atoms with Crippen molar-refractivity contribution in [1.29, 1.82) is 0 Å². The molecule has 1 aliphatic rings. The van der Waals surface area contributed by atoms with E-state index in [9.17, 15) is 18.4 Å². The van der Waals surface area contributed by atoms with Gasteiger partial charge < -0.3 is 4.74 Å². The normalized spacial score (nSPS) is 15.2. The highest BCUT2D eigenvalue weighted by Gasteiger charge is 2.34. The zero-order valence-corrected chi connectivity index (χ0v) is 17.7. The van der Waals surface area contributed by atoms with Crippen LogP contribution in [-0.2, 0) is 9.59 Å². The Morgan fingerprint density at radius 3 is 2.41 bits per heavy atom. The second kappa shape index (κ2) is 8.86. The second-order valence-corrected chi connectivity index (χ2v) is 7.47. The second-order valence-electron chi connectivity index (χ2n) is 6.65. The number of anilines is 1. The van der Waals surface area contributed by atoms with Crippen molar-refractivity contribution >= 4 is 52.5 Å². The van der Waals surface area contributed by atoms with Crippen molar-refractivity contribution in [2.24, 2.45) is 0 Å². The molecule has 0 aliphatic carbocycles. The Morgan fingerprint density at radius 1 is 0.969 bits per heavy atom. The molecule has 1 saturated heterocycles. The molecule has 0 spiro atoms. The predicted octanol–water partition coefficient (Wildman–Crippen LogP) is 5.24. The summed E-state index contributed by atoms with van der Waals surface area (Å²) in [6, 6.07) is 16.0. The van der Waals surface area contributed by atoms with Gasteiger partial charge in [0.1, 0.15) is 17.1 Å². The van der Waals surface area contributed by atoms with Crippen molar-refractivity contribution in [3.8, 4) is 11.5 Å². The molecule has 5 nitrogen and oxygen atoms in total. The maximum atomic E-state index is 13.5. The molecule has 160 valence electrons. The van der Waals surface area contributed by atoms with E-state index in [-0.39, 0.29) is 22.2 Å². The van der Waals surface area contributed by atoms with Gasteiger partial charge in [-0.1, -0.05) is 29.8 Å². The van der Waals surface area contributed by atoms with Gasteiger partial charge in [0, 0.05) is 16.7 Å². The summed E-state index contributed by atoms with van der Waals surface area (Å²) in [4.78, 5) is 26.8. The Kier molecular flexibility index (Phi) is 5.98. The highest BCUT2D eigenvalue weighted by atomic mass is 35.5. The van der Waals surface area contributed by atoms with Gasteiger partial charge in [-0.2, -0.15) is 0 Å². The van der Waals surface area contributed by atoms with Crippen LogP contribution in [0, 0.1) is 11.6 Å². The summed E-state index contributed by atoms with van der Waals surface area (Å²) in [6.45, 7) is 0. The molecular formula is C23H13ClF2N2O3S. The number of amides is 2. The predicted molar refractivity (Wildman–Crippen MR) is 121 cm³/mol. The highest BCUT2D eigenvalue weighted by molar-refractivity contribution is 7.80. The number of rotatable bonds is 4. The van der Waals surface area contributed by atoms with Crippen LogP contribution in [-0.4, -0.2) is 16.9 Å². The average molecular weight is 471 g/mol. The summed E-state index contributed by atoms with van der Waals surface area (Å²) in [5.74, 6) is -3.09. The number of nitrogens with zero attached hydrogens (tertiary/aromatic N) is 1. The number of carbonyl (C=O) groups excluding carboxylic acids is 2. The molecule has 0 saturated carbocycles. The fourth-order valence-electron chi connectivity index (χ4n) is 3.00. The number of thiocarbonyl (C=S) groups is 1. The molecule has 1 N–H and O–H groups in total. The van der Waals surface area contributed by atoms with Gasteiger partial charge in [0.2, 0.25) is 0 Å². The van der Waals surface area contributed by atoms with Crippen LogP contribution < -0.4 is 15.0 Å². The lowest BCUT2D eigenvalue weighted by atomic mass is 10.1. The van der Waals surface area contributed by atoms with E-state index in [0.717, 1.165) is 12.1 Å². The van der Waals surface area contributed by atoms with Crippen molar-refractivity contribution in [1.82, 2.24) is 5.32 Å². The third kappa shape index (κ3) is 4.37. The minimum atomic E-state index is -1.06. The quantitative estimate of drug-likeness (QED) is 0.322. The molecule has 0 aromatic heterocycles.